The first kappa shape index (κ1) is 20.2. The highest BCUT2D eigenvalue weighted by atomic mass is 32.2. The molecule has 2 amide bonds. The number of rotatable bonds is 6. The number of hydrogen-bond donors (Lipinski definition) is 4. The number of alkyl carbamates (subject to hydrolysis) is 1. The van der Waals surface area contributed by atoms with Crippen molar-refractivity contribution in [3.8, 4) is 0 Å². The van der Waals surface area contributed by atoms with Gasteiger partial charge >= 0.3 is 36.0 Å². The van der Waals surface area contributed by atoms with Crippen molar-refractivity contribution in [3.05, 3.63) is 35.9 Å². The van der Waals surface area contributed by atoms with Crippen molar-refractivity contribution in [2.75, 3.05) is 6.54 Å². The molecule has 0 saturated carbocycles. The normalized spacial score (nSPS) is 23.7. The van der Waals surface area contributed by atoms with Gasteiger partial charge in [-0.15, -0.1) is 0 Å². The first-order chi connectivity index (χ1) is 12.2. The number of carbonyl (C=O) groups is 2. The summed E-state index contributed by atoms with van der Waals surface area (Å²) < 4.78 is 49.8. The van der Waals surface area contributed by atoms with Crippen molar-refractivity contribution in [3.63, 3.8) is 0 Å². The molecule has 0 aliphatic carbocycles. The van der Waals surface area contributed by atoms with Gasteiger partial charge in [0, 0.05) is 6.54 Å². The van der Waals surface area contributed by atoms with Crippen molar-refractivity contribution in [1.29, 1.82) is 0 Å². The molecule has 142 valence electrons. The van der Waals surface area contributed by atoms with E-state index in [9.17, 15) is 22.6 Å². The number of amides is 2. The molecule has 0 bridgehead atoms. The fourth-order valence-electron chi connectivity index (χ4n) is 2.49. The Kier molecular flexibility index (Phi) is 6.26. The Morgan fingerprint density at radius 3 is 2.65 bits per heavy atom. The molecule has 1 fully saturated rings. The van der Waals surface area contributed by atoms with Crippen LogP contribution in [0.3, 0.4) is 0 Å². The number of nitrogens with zero attached hydrogens (tertiary/aromatic N) is 1. The number of benzene rings is 1. The first-order valence-corrected chi connectivity index (χ1v) is 9.72. The molecule has 1 heterocycles. The minimum absolute atomic E-state index is 0.0704. The number of nitrogens with two attached hydrogens (primary N) is 1. The molecule has 1 saturated heterocycles. The number of hydrogen-bond acceptors (Lipinski definition) is 7. The highest BCUT2D eigenvalue weighted by Gasteiger charge is 2.61. The standard InChI is InChI=1S/C13H17N4O7PS/c14-17-7-6-10(16-26(21,22)23)13(25-20,11(17)18)15-12(19)24-8-9-4-2-1-3-5-9/h1-5,10,16H,6-8,14H2,(H,15,19)(H,21,22,23)/p+1/t10?,13-/m0/s1. The molecule has 1 aromatic carbocycles. The summed E-state index contributed by atoms with van der Waals surface area (Å²) in [7, 11) is -6.22. The van der Waals surface area contributed by atoms with E-state index in [4.69, 9.17) is 15.1 Å². The summed E-state index contributed by atoms with van der Waals surface area (Å²) >= 11 is 0. The lowest BCUT2D eigenvalue weighted by Gasteiger charge is -2.36. The van der Waals surface area contributed by atoms with Crippen LogP contribution in [0.25, 0.3) is 0 Å². The quantitative estimate of drug-likeness (QED) is 0.213. The van der Waals surface area contributed by atoms with Crippen LogP contribution >= 0.6 is 8.46 Å². The number of piperidine rings is 1. The van der Waals surface area contributed by atoms with Crippen LogP contribution in [0.5, 0.6) is 0 Å². The van der Waals surface area contributed by atoms with Crippen LogP contribution in [-0.4, -0.2) is 47.8 Å². The lowest BCUT2D eigenvalue weighted by Crippen LogP contribution is -2.71. The Morgan fingerprint density at radius 1 is 1.42 bits per heavy atom. The third-order valence-electron chi connectivity index (χ3n) is 3.74. The predicted molar refractivity (Wildman–Crippen MR) is 90.5 cm³/mol. The van der Waals surface area contributed by atoms with Crippen LogP contribution in [0, 0.1) is 0 Å². The monoisotopic (exact) mass is 405 g/mol. The summed E-state index contributed by atoms with van der Waals surface area (Å²) in [5.74, 6) is 4.54. The fraction of sp³-hybridized carbons (Fsp3) is 0.385. The molecule has 5 N–H and O–H groups in total. The van der Waals surface area contributed by atoms with Gasteiger partial charge in [0.15, 0.2) is 0 Å². The van der Waals surface area contributed by atoms with E-state index in [1.807, 2.05) is 0 Å². The van der Waals surface area contributed by atoms with Gasteiger partial charge in [-0.2, -0.15) is 13.1 Å². The SMILES string of the molecule is NN1CCC(NS(=O)(=O)O)[C@](NC(=O)OCc2ccccc2)([PH+]=O)C1=O. The number of ether oxygens (including phenoxy) is 1. The van der Waals surface area contributed by atoms with Crippen LogP contribution in [-0.2, 0) is 31.0 Å². The summed E-state index contributed by atoms with van der Waals surface area (Å²) in [5, 5.41) is 0.650. The Balaban J connectivity index is 2.18. The molecule has 0 aromatic heterocycles. The van der Waals surface area contributed by atoms with Crippen LogP contribution in [0.2, 0.25) is 0 Å². The van der Waals surface area contributed by atoms with Gasteiger partial charge in [0.05, 0.1) is 0 Å². The minimum atomic E-state index is -4.72. The second-order valence-electron chi connectivity index (χ2n) is 5.53. The molecule has 1 aliphatic heterocycles. The van der Waals surface area contributed by atoms with Crippen molar-refractivity contribution in [2.24, 2.45) is 5.84 Å². The van der Waals surface area contributed by atoms with E-state index in [-0.39, 0.29) is 19.6 Å². The summed E-state index contributed by atoms with van der Waals surface area (Å²) in [6.45, 7) is -0.194. The topological polar surface area (TPSA) is 168 Å². The van der Waals surface area contributed by atoms with E-state index >= 15 is 0 Å². The zero-order chi connectivity index (χ0) is 19.4. The van der Waals surface area contributed by atoms with Gasteiger partial charge in [-0.25, -0.2) is 10.6 Å². The molecule has 0 radical (unpaired) electrons. The maximum atomic E-state index is 12.4. The molecule has 1 aromatic rings. The van der Waals surface area contributed by atoms with Crippen LogP contribution in [0.15, 0.2) is 30.3 Å². The molecule has 11 nitrogen and oxygen atoms in total. The molecule has 0 spiro atoms. The molecular weight excluding hydrogens is 387 g/mol. The maximum Gasteiger partial charge on any atom is 0.411 e. The molecule has 26 heavy (non-hydrogen) atoms. The zero-order valence-corrected chi connectivity index (χ0v) is 15.2. The zero-order valence-electron chi connectivity index (χ0n) is 13.4. The van der Waals surface area contributed by atoms with Crippen molar-refractivity contribution < 1.29 is 31.9 Å². The van der Waals surface area contributed by atoms with Crippen molar-refractivity contribution in [2.45, 2.75) is 24.3 Å². The van der Waals surface area contributed by atoms with Gasteiger partial charge in [0.2, 0.25) is 0 Å². The minimum Gasteiger partial charge on any atom is -0.445 e. The van der Waals surface area contributed by atoms with E-state index in [0.717, 1.165) is 0 Å². The largest absolute Gasteiger partial charge is 0.445 e. The molecular formula is C13H18N4O7PS+. The van der Waals surface area contributed by atoms with Crippen LogP contribution in [0.1, 0.15) is 12.0 Å². The van der Waals surface area contributed by atoms with Gasteiger partial charge in [0.1, 0.15) is 12.6 Å². The Morgan fingerprint density at radius 2 is 2.08 bits per heavy atom. The Hall–Kier alpha value is -2.11. The second-order valence-corrected chi connectivity index (χ2v) is 7.71. The average molecular weight is 405 g/mol. The highest BCUT2D eigenvalue weighted by Crippen LogP contribution is 2.32. The number of nitrogens with one attached hydrogen (secondary N) is 2. The van der Waals surface area contributed by atoms with Gasteiger partial charge in [-0.3, -0.25) is 19.7 Å². The molecule has 1 aliphatic rings. The van der Waals surface area contributed by atoms with Gasteiger partial charge in [-0.05, 0) is 12.0 Å². The first-order valence-electron chi connectivity index (χ1n) is 7.37. The van der Waals surface area contributed by atoms with Gasteiger partial charge in [0.25, 0.3) is 0 Å². The molecule has 3 atom stereocenters. The van der Waals surface area contributed by atoms with Crippen molar-refractivity contribution in [1.82, 2.24) is 15.0 Å². The van der Waals surface area contributed by atoms with Gasteiger partial charge in [-0.1, -0.05) is 34.9 Å². The number of carbonyl (C=O) groups excluding carboxylic acids is 2. The van der Waals surface area contributed by atoms with E-state index in [1.54, 1.807) is 35.1 Å². The lowest BCUT2D eigenvalue weighted by atomic mass is 9.99. The van der Waals surface area contributed by atoms with Gasteiger partial charge < -0.3 is 4.74 Å². The Labute approximate surface area is 150 Å². The van der Waals surface area contributed by atoms with E-state index < -0.39 is 42.1 Å². The summed E-state index contributed by atoms with van der Waals surface area (Å²) in [4.78, 5) is 24.5. The maximum absolute atomic E-state index is 12.4. The fourth-order valence-corrected chi connectivity index (χ4v) is 3.99. The van der Waals surface area contributed by atoms with Crippen LogP contribution in [0.4, 0.5) is 4.79 Å². The Bertz CT molecular complexity index is 791. The number of hydrazine groups is 1. The van der Waals surface area contributed by atoms with Crippen LogP contribution < -0.4 is 15.9 Å². The summed E-state index contributed by atoms with van der Waals surface area (Å²) in [5.41, 5.74) is 0.671. The highest BCUT2D eigenvalue weighted by molar-refractivity contribution is 7.83. The third kappa shape index (κ3) is 4.74. The van der Waals surface area contributed by atoms with E-state index in [2.05, 4.69) is 5.32 Å². The van der Waals surface area contributed by atoms with E-state index in [0.29, 0.717) is 10.6 Å². The smallest absolute Gasteiger partial charge is 0.411 e. The summed E-state index contributed by atoms with van der Waals surface area (Å²) in [6.07, 6.45) is -1.18. The predicted octanol–water partition coefficient (Wildman–Crippen LogP) is -0.500. The second kappa shape index (κ2) is 8.06. The lowest BCUT2D eigenvalue weighted by molar-refractivity contribution is -0.138. The molecule has 13 heteroatoms. The summed E-state index contributed by atoms with van der Waals surface area (Å²) in [6, 6.07) is 7.28. The van der Waals surface area contributed by atoms with Crippen molar-refractivity contribution >= 4 is 30.8 Å². The molecule has 2 rings (SSSR count). The molecule has 2 unspecified atom stereocenters. The average Bonchev–Trinajstić information content (AvgIpc) is 2.59. The third-order valence-corrected chi connectivity index (χ3v) is 5.34. The van der Waals surface area contributed by atoms with E-state index in [1.165, 1.54) is 0 Å².